The van der Waals surface area contributed by atoms with Crippen molar-refractivity contribution in [1.29, 1.82) is 0 Å². The van der Waals surface area contributed by atoms with E-state index in [0.717, 1.165) is 32.4 Å². The normalized spacial score (nSPS) is 26.7. The Balaban J connectivity index is 1.82. The van der Waals surface area contributed by atoms with Crippen LogP contribution >= 0.6 is 0 Å². The van der Waals surface area contributed by atoms with E-state index in [2.05, 4.69) is 10.3 Å². The summed E-state index contributed by atoms with van der Waals surface area (Å²) in [6.07, 6.45) is 7.10. The van der Waals surface area contributed by atoms with Gasteiger partial charge in [-0.1, -0.05) is 0 Å². The fourth-order valence-corrected chi connectivity index (χ4v) is 3.37. The molecule has 5 nitrogen and oxygen atoms in total. The first-order chi connectivity index (χ1) is 9.77. The number of hydrogen-bond acceptors (Lipinski definition) is 4. The zero-order valence-corrected chi connectivity index (χ0v) is 11.6. The molecule has 0 aromatic carbocycles. The minimum atomic E-state index is -0.137. The van der Waals surface area contributed by atoms with Gasteiger partial charge in [-0.15, -0.1) is 0 Å². The molecule has 1 aromatic rings. The van der Waals surface area contributed by atoms with E-state index in [-0.39, 0.29) is 23.4 Å². The summed E-state index contributed by atoms with van der Waals surface area (Å²) in [6.45, 7) is 1.80. The van der Waals surface area contributed by atoms with Crippen molar-refractivity contribution in [3.05, 3.63) is 24.0 Å². The van der Waals surface area contributed by atoms with E-state index in [0.29, 0.717) is 6.04 Å². The number of amides is 1. The van der Waals surface area contributed by atoms with Crippen LogP contribution in [0.25, 0.3) is 0 Å². The molecule has 20 heavy (non-hydrogen) atoms. The van der Waals surface area contributed by atoms with Crippen LogP contribution in [0.3, 0.4) is 0 Å². The molecule has 0 bridgehead atoms. The Morgan fingerprint density at radius 2 is 2.25 bits per heavy atom. The van der Waals surface area contributed by atoms with Crippen LogP contribution in [0.4, 0.5) is 0 Å². The molecule has 0 spiro atoms. The van der Waals surface area contributed by atoms with Crippen molar-refractivity contribution in [1.82, 2.24) is 15.2 Å². The second-order valence-electron chi connectivity index (χ2n) is 5.64. The van der Waals surface area contributed by atoms with Gasteiger partial charge in [-0.2, -0.15) is 0 Å². The van der Waals surface area contributed by atoms with Crippen molar-refractivity contribution in [3.8, 4) is 5.75 Å². The van der Waals surface area contributed by atoms with E-state index < -0.39 is 0 Å². The van der Waals surface area contributed by atoms with E-state index >= 15 is 0 Å². The number of rotatable bonds is 2. The number of aromatic nitrogens is 1. The Kier molecular flexibility index (Phi) is 3.87. The molecule has 2 aliphatic rings. The third-order valence-electron chi connectivity index (χ3n) is 4.36. The largest absolute Gasteiger partial charge is 0.505 e. The molecule has 3 rings (SSSR count). The van der Waals surface area contributed by atoms with Crippen LogP contribution < -0.4 is 5.32 Å². The Morgan fingerprint density at radius 3 is 3.00 bits per heavy atom. The predicted molar refractivity (Wildman–Crippen MR) is 75.6 cm³/mol. The quantitative estimate of drug-likeness (QED) is 0.859. The number of piperidine rings is 1. The van der Waals surface area contributed by atoms with Gasteiger partial charge in [-0.05, 0) is 50.8 Å². The van der Waals surface area contributed by atoms with Gasteiger partial charge in [0, 0.05) is 24.8 Å². The second-order valence-corrected chi connectivity index (χ2v) is 5.64. The van der Waals surface area contributed by atoms with Crippen LogP contribution in [-0.4, -0.2) is 46.1 Å². The fraction of sp³-hybridized carbons (Fsp3) is 0.600. The van der Waals surface area contributed by atoms with Gasteiger partial charge in [0.15, 0.2) is 5.69 Å². The van der Waals surface area contributed by atoms with E-state index in [1.165, 1.54) is 18.9 Å². The third kappa shape index (κ3) is 2.50. The number of carbonyl (C=O) groups is 1. The van der Waals surface area contributed by atoms with E-state index in [1.807, 2.05) is 4.90 Å². The second kappa shape index (κ2) is 5.79. The summed E-state index contributed by atoms with van der Waals surface area (Å²) in [5.41, 5.74) is 0.178. The fourth-order valence-electron chi connectivity index (χ4n) is 3.37. The Bertz CT molecular complexity index is 486. The highest BCUT2D eigenvalue weighted by Gasteiger charge is 2.35. The minimum absolute atomic E-state index is 0.0267. The molecule has 2 N–H and O–H groups in total. The molecular formula is C15H21N3O2. The lowest BCUT2D eigenvalue weighted by atomic mass is 9.94. The molecule has 0 aliphatic carbocycles. The van der Waals surface area contributed by atoms with Crippen molar-refractivity contribution in [3.63, 3.8) is 0 Å². The molecule has 1 aromatic heterocycles. The van der Waals surface area contributed by atoms with Gasteiger partial charge >= 0.3 is 0 Å². The van der Waals surface area contributed by atoms with E-state index in [1.54, 1.807) is 12.3 Å². The summed E-state index contributed by atoms with van der Waals surface area (Å²) in [5, 5.41) is 13.3. The van der Waals surface area contributed by atoms with Gasteiger partial charge in [-0.25, -0.2) is 4.98 Å². The maximum absolute atomic E-state index is 12.7. The number of nitrogens with zero attached hydrogens (tertiary/aromatic N) is 2. The summed E-state index contributed by atoms with van der Waals surface area (Å²) in [4.78, 5) is 18.6. The number of hydrogen-bond donors (Lipinski definition) is 2. The average molecular weight is 275 g/mol. The first-order valence-corrected chi connectivity index (χ1v) is 7.45. The van der Waals surface area contributed by atoms with Crippen molar-refractivity contribution in [2.24, 2.45) is 0 Å². The lowest BCUT2D eigenvalue weighted by Gasteiger charge is -2.39. The highest BCUT2D eigenvalue weighted by Crippen LogP contribution is 2.27. The number of aromatic hydroxyl groups is 1. The summed E-state index contributed by atoms with van der Waals surface area (Å²) in [5.74, 6) is -0.164. The lowest BCUT2D eigenvalue weighted by Crippen LogP contribution is -2.52. The van der Waals surface area contributed by atoms with Crippen molar-refractivity contribution in [2.45, 2.75) is 44.2 Å². The van der Waals surface area contributed by atoms with Gasteiger partial charge in [-0.3, -0.25) is 4.79 Å². The molecule has 0 radical (unpaired) electrons. The third-order valence-corrected chi connectivity index (χ3v) is 4.36. The molecule has 1 amide bonds. The first-order valence-electron chi connectivity index (χ1n) is 7.45. The maximum atomic E-state index is 12.7. The topological polar surface area (TPSA) is 65.5 Å². The number of likely N-dealkylation sites (tertiary alicyclic amines) is 1. The molecule has 3 heterocycles. The van der Waals surface area contributed by atoms with Gasteiger partial charge in [0.25, 0.3) is 5.91 Å². The molecule has 2 fully saturated rings. The SMILES string of the molecule is O=C(c1ncccc1O)N1CCCCC1C1CCCN1. The standard InChI is InChI=1S/C15H21N3O2/c19-13-7-4-9-17-14(13)15(20)18-10-2-1-6-12(18)11-5-3-8-16-11/h4,7,9,11-12,16,19H,1-3,5-6,8,10H2. The van der Waals surface area contributed by atoms with E-state index in [9.17, 15) is 9.90 Å². The van der Waals surface area contributed by atoms with Gasteiger partial charge in [0.05, 0.1) is 0 Å². The molecular weight excluding hydrogens is 254 g/mol. The van der Waals surface area contributed by atoms with Crippen molar-refractivity contribution in [2.75, 3.05) is 13.1 Å². The van der Waals surface area contributed by atoms with Gasteiger partial charge in [0.2, 0.25) is 0 Å². The van der Waals surface area contributed by atoms with Gasteiger partial charge < -0.3 is 15.3 Å². The molecule has 0 saturated carbocycles. The van der Waals surface area contributed by atoms with Crippen LogP contribution in [0, 0.1) is 0 Å². The smallest absolute Gasteiger partial charge is 0.276 e. The molecule has 5 heteroatoms. The minimum Gasteiger partial charge on any atom is -0.505 e. The Hall–Kier alpha value is -1.62. The first kappa shape index (κ1) is 13.4. The van der Waals surface area contributed by atoms with E-state index in [4.69, 9.17) is 0 Å². The van der Waals surface area contributed by atoms with Crippen molar-refractivity contribution >= 4 is 5.91 Å². The summed E-state index contributed by atoms with van der Waals surface area (Å²) in [7, 11) is 0. The van der Waals surface area contributed by atoms with Crippen LogP contribution in [0.15, 0.2) is 18.3 Å². The zero-order chi connectivity index (χ0) is 13.9. The predicted octanol–water partition coefficient (Wildman–Crippen LogP) is 1.53. The Labute approximate surface area is 119 Å². The van der Waals surface area contributed by atoms with Crippen LogP contribution in [0.2, 0.25) is 0 Å². The highest BCUT2D eigenvalue weighted by molar-refractivity contribution is 5.95. The molecule has 2 atom stereocenters. The monoisotopic (exact) mass is 275 g/mol. The van der Waals surface area contributed by atoms with Crippen LogP contribution in [0.5, 0.6) is 5.75 Å². The van der Waals surface area contributed by atoms with Crippen molar-refractivity contribution < 1.29 is 9.90 Å². The summed E-state index contributed by atoms with van der Waals surface area (Å²) in [6, 6.07) is 3.79. The van der Waals surface area contributed by atoms with Gasteiger partial charge in [0.1, 0.15) is 5.75 Å². The highest BCUT2D eigenvalue weighted by atomic mass is 16.3. The van der Waals surface area contributed by atoms with Crippen LogP contribution in [0.1, 0.15) is 42.6 Å². The van der Waals surface area contributed by atoms with Crippen LogP contribution in [-0.2, 0) is 0 Å². The average Bonchev–Trinajstić information content (AvgIpc) is 3.01. The molecule has 2 unspecified atom stereocenters. The Morgan fingerprint density at radius 1 is 1.35 bits per heavy atom. The number of nitrogens with one attached hydrogen (secondary N) is 1. The lowest BCUT2D eigenvalue weighted by molar-refractivity contribution is 0.0554. The number of carbonyl (C=O) groups excluding carboxylic acids is 1. The summed E-state index contributed by atoms with van der Waals surface area (Å²) >= 11 is 0. The number of pyridine rings is 1. The molecule has 2 aliphatic heterocycles. The summed E-state index contributed by atoms with van der Waals surface area (Å²) < 4.78 is 0. The maximum Gasteiger partial charge on any atom is 0.276 e. The molecule has 108 valence electrons. The molecule has 2 saturated heterocycles. The zero-order valence-electron chi connectivity index (χ0n) is 11.6.